The SMILES string of the molecule is CCCC1CCC(N[C@@H]2C=C[C@H](CO)C2)CC1. The molecule has 0 heterocycles. The second kappa shape index (κ2) is 6.55. The Morgan fingerprint density at radius 1 is 1.18 bits per heavy atom. The number of aliphatic hydroxyl groups excluding tert-OH is 1. The van der Waals surface area contributed by atoms with Gasteiger partial charge in [0.2, 0.25) is 0 Å². The maximum Gasteiger partial charge on any atom is 0.0494 e. The molecule has 0 radical (unpaired) electrons. The maximum atomic E-state index is 9.10. The Morgan fingerprint density at radius 3 is 2.53 bits per heavy atom. The molecule has 2 atom stereocenters. The van der Waals surface area contributed by atoms with E-state index in [2.05, 4.69) is 24.4 Å². The molecule has 0 unspecified atom stereocenters. The zero-order valence-electron chi connectivity index (χ0n) is 11.1. The van der Waals surface area contributed by atoms with Crippen molar-refractivity contribution in [2.75, 3.05) is 6.61 Å². The molecule has 0 bridgehead atoms. The molecule has 2 rings (SSSR count). The molecule has 0 aromatic carbocycles. The number of hydrogen-bond donors (Lipinski definition) is 2. The highest BCUT2D eigenvalue weighted by Gasteiger charge is 2.24. The molecule has 0 amide bonds. The molecule has 0 aromatic heterocycles. The first-order valence-electron chi connectivity index (χ1n) is 7.37. The van der Waals surface area contributed by atoms with E-state index >= 15 is 0 Å². The normalized spacial score (nSPS) is 37.5. The highest BCUT2D eigenvalue weighted by molar-refractivity contribution is 5.06. The van der Waals surface area contributed by atoms with E-state index in [4.69, 9.17) is 5.11 Å². The van der Waals surface area contributed by atoms with Gasteiger partial charge in [-0.1, -0.05) is 31.9 Å². The van der Waals surface area contributed by atoms with Crippen molar-refractivity contribution in [3.8, 4) is 0 Å². The van der Waals surface area contributed by atoms with Gasteiger partial charge in [-0.2, -0.15) is 0 Å². The first-order valence-corrected chi connectivity index (χ1v) is 7.37. The topological polar surface area (TPSA) is 32.3 Å². The average molecular weight is 237 g/mol. The lowest BCUT2D eigenvalue weighted by Crippen LogP contribution is -2.39. The molecule has 2 aliphatic carbocycles. The van der Waals surface area contributed by atoms with Crippen molar-refractivity contribution in [2.45, 2.75) is 64.0 Å². The molecule has 98 valence electrons. The fourth-order valence-corrected chi connectivity index (χ4v) is 3.36. The van der Waals surface area contributed by atoms with Crippen molar-refractivity contribution in [1.82, 2.24) is 5.32 Å². The smallest absolute Gasteiger partial charge is 0.0494 e. The number of hydrogen-bond acceptors (Lipinski definition) is 2. The first kappa shape index (κ1) is 13.1. The fourth-order valence-electron chi connectivity index (χ4n) is 3.36. The van der Waals surface area contributed by atoms with E-state index in [0.717, 1.165) is 18.4 Å². The monoisotopic (exact) mass is 237 g/mol. The van der Waals surface area contributed by atoms with Crippen LogP contribution in [0.5, 0.6) is 0 Å². The second-order valence-corrected chi connectivity index (χ2v) is 5.84. The van der Waals surface area contributed by atoms with Crippen molar-refractivity contribution >= 4 is 0 Å². The van der Waals surface area contributed by atoms with Gasteiger partial charge >= 0.3 is 0 Å². The number of aliphatic hydroxyl groups is 1. The third-order valence-electron chi connectivity index (χ3n) is 4.40. The summed E-state index contributed by atoms with van der Waals surface area (Å²) in [5.41, 5.74) is 0. The van der Waals surface area contributed by atoms with E-state index in [1.165, 1.54) is 38.5 Å². The van der Waals surface area contributed by atoms with Crippen LogP contribution in [0, 0.1) is 11.8 Å². The minimum Gasteiger partial charge on any atom is -0.396 e. The van der Waals surface area contributed by atoms with Gasteiger partial charge in [0, 0.05) is 24.6 Å². The summed E-state index contributed by atoms with van der Waals surface area (Å²) in [5, 5.41) is 12.9. The molecule has 1 fully saturated rings. The molecule has 0 spiro atoms. The van der Waals surface area contributed by atoms with Gasteiger partial charge in [-0.15, -0.1) is 0 Å². The molecule has 17 heavy (non-hydrogen) atoms. The third-order valence-corrected chi connectivity index (χ3v) is 4.40. The molecule has 1 saturated carbocycles. The zero-order chi connectivity index (χ0) is 12.1. The van der Waals surface area contributed by atoms with Crippen molar-refractivity contribution in [3.05, 3.63) is 12.2 Å². The van der Waals surface area contributed by atoms with E-state index in [9.17, 15) is 0 Å². The Hall–Kier alpha value is -0.340. The van der Waals surface area contributed by atoms with Gasteiger partial charge < -0.3 is 10.4 Å². The summed E-state index contributed by atoms with van der Waals surface area (Å²) in [5.74, 6) is 1.38. The van der Waals surface area contributed by atoms with Gasteiger partial charge in [0.05, 0.1) is 0 Å². The van der Waals surface area contributed by atoms with E-state index < -0.39 is 0 Å². The van der Waals surface area contributed by atoms with E-state index in [-0.39, 0.29) is 0 Å². The highest BCUT2D eigenvalue weighted by atomic mass is 16.3. The van der Waals surface area contributed by atoms with Gasteiger partial charge in [0.25, 0.3) is 0 Å². The summed E-state index contributed by atoms with van der Waals surface area (Å²) in [6.07, 6.45) is 13.8. The van der Waals surface area contributed by atoms with Crippen molar-refractivity contribution in [3.63, 3.8) is 0 Å². The molecule has 2 nitrogen and oxygen atoms in total. The summed E-state index contributed by atoms with van der Waals surface area (Å²) >= 11 is 0. The van der Waals surface area contributed by atoms with Gasteiger partial charge in [-0.3, -0.25) is 0 Å². The molecule has 2 heteroatoms. The third kappa shape index (κ3) is 3.82. The lowest BCUT2D eigenvalue weighted by atomic mass is 9.83. The number of nitrogens with one attached hydrogen (secondary N) is 1. The van der Waals surface area contributed by atoms with E-state index in [1.807, 2.05) is 0 Å². The second-order valence-electron chi connectivity index (χ2n) is 5.84. The Kier molecular flexibility index (Phi) is 5.05. The van der Waals surface area contributed by atoms with Crippen LogP contribution in [0.2, 0.25) is 0 Å². The van der Waals surface area contributed by atoms with Crippen LogP contribution in [0.4, 0.5) is 0 Å². The van der Waals surface area contributed by atoms with Crippen LogP contribution in [-0.4, -0.2) is 23.8 Å². The van der Waals surface area contributed by atoms with E-state index in [1.54, 1.807) is 0 Å². The Morgan fingerprint density at radius 2 is 1.94 bits per heavy atom. The molecule has 2 aliphatic rings. The van der Waals surface area contributed by atoms with Gasteiger partial charge in [0.15, 0.2) is 0 Å². The predicted molar refractivity (Wildman–Crippen MR) is 71.9 cm³/mol. The highest BCUT2D eigenvalue weighted by Crippen LogP contribution is 2.29. The Bertz CT molecular complexity index is 243. The molecule has 0 saturated heterocycles. The summed E-state index contributed by atoms with van der Waals surface area (Å²) in [6.45, 7) is 2.60. The summed E-state index contributed by atoms with van der Waals surface area (Å²) in [4.78, 5) is 0. The van der Waals surface area contributed by atoms with Crippen LogP contribution < -0.4 is 5.32 Å². The van der Waals surface area contributed by atoms with Gasteiger partial charge in [-0.05, 0) is 38.0 Å². The molecular weight excluding hydrogens is 210 g/mol. The van der Waals surface area contributed by atoms with Crippen molar-refractivity contribution < 1.29 is 5.11 Å². The largest absolute Gasteiger partial charge is 0.396 e. The summed E-state index contributed by atoms with van der Waals surface area (Å²) < 4.78 is 0. The quantitative estimate of drug-likeness (QED) is 0.721. The summed E-state index contributed by atoms with van der Waals surface area (Å²) in [7, 11) is 0. The van der Waals surface area contributed by atoms with Crippen LogP contribution in [-0.2, 0) is 0 Å². The van der Waals surface area contributed by atoms with Crippen LogP contribution in [0.25, 0.3) is 0 Å². The Labute approximate surface area is 105 Å². The van der Waals surface area contributed by atoms with E-state index in [0.29, 0.717) is 18.6 Å². The van der Waals surface area contributed by atoms with Crippen LogP contribution in [0.1, 0.15) is 51.9 Å². The molecule has 0 aliphatic heterocycles. The lowest BCUT2D eigenvalue weighted by molar-refractivity contribution is 0.235. The average Bonchev–Trinajstić information content (AvgIpc) is 2.80. The van der Waals surface area contributed by atoms with Crippen LogP contribution in [0.3, 0.4) is 0 Å². The van der Waals surface area contributed by atoms with Gasteiger partial charge in [0.1, 0.15) is 0 Å². The minimum atomic E-state index is 0.303. The molecular formula is C15H27NO. The standard InChI is InChI=1S/C15H27NO/c1-2-3-12-4-7-14(8-5-12)16-15-9-6-13(10-15)11-17/h6,9,12-17H,2-5,7-8,10-11H2,1H3/t12?,13-,14?,15+/m0/s1. The first-order chi connectivity index (χ1) is 8.31. The maximum absolute atomic E-state index is 9.10. The molecule has 2 N–H and O–H groups in total. The predicted octanol–water partition coefficient (Wildman–Crippen LogP) is 2.87. The van der Waals surface area contributed by atoms with Crippen molar-refractivity contribution in [2.24, 2.45) is 11.8 Å². The fraction of sp³-hybridized carbons (Fsp3) is 0.867. The summed E-state index contributed by atoms with van der Waals surface area (Å²) in [6, 6.07) is 1.23. The van der Waals surface area contributed by atoms with Gasteiger partial charge in [-0.25, -0.2) is 0 Å². The lowest BCUT2D eigenvalue weighted by Gasteiger charge is -2.31. The Balaban J connectivity index is 1.67. The number of rotatable bonds is 5. The van der Waals surface area contributed by atoms with Crippen LogP contribution >= 0.6 is 0 Å². The minimum absolute atomic E-state index is 0.303. The zero-order valence-corrected chi connectivity index (χ0v) is 11.1. The van der Waals surface area contributed by atoms with Crippen molar-refractivity contribution in [1.29, 1.82) is 0 Å². The molecule has 0 aromatic rings. The van der Waals surface area contributed by atoms with Crippen LogP contribution in [0.15, 0.2) is 12.2 Å².